The molecule has 0 atom stereocenters. The van der Waals surface area contributed by atoms with Crippen molar-refractivity contribution < 1.29 is 17.6 Å². The van der Waals surface area contributed by atoms with E-state index in [1.807, 2.05) is 18.2 Å². The van der Waals surface area contributed by atoms with Gasteiger partial charge in [-0.25, -0.2) is 17.5 Å². The summed E-state index contributed by atoms with van der Waals surface area (Å²) in [6, 6.07) is 12.9. The van der Waals surface area contributed by atoms with Gasteiger partial charge in [0.1, 0.15) is 5.82 Å². The second-order valence-corrected chi connectivity index (χ2v) is 9.33. The van der Waals surface area contributed by atoms with Crippen molar-refractivity contribution in [1.82, 2.24) is 14.2 Å². The monoisotopic (exact) mass is 443 g/mol. The Hall–Kier alpha value is -3.04. The van der Waals surface area contributed by atoms with E-state index >= 15 is 0 Å². The van der Waals surface area contributed by atoms with E-state index in [9.17, 15) is 22.4 Å². The van der Waals surface area contributed by atoms with Crippen LogP contribution in [0.2, 0.25) is 0 Å². The van der Waals surface area contributed by atoms with Crippen molar-refractivity contribution in [1.29, 1.82) is 0 Å². The second-order valence-electron chi connectivity index (χ2n) is 7.61. The number of nitrogens with zero attached hydrogens (tertiary/aromatic N) is 2. The quantitative estimate of drug-likeness (QED) is 0.670. The Labute approximate surface area is 179 Å². The van der Waals surface area contributed by atoms with Gasteiger partial charge in [0.2, 0.25) is 10.0 Å². The first-order chi connectivity index (χ1) is 14.8. The van der Waals surface area contributed by atoms with E-state index in [2.05, 4.69) is 4.72 Å². The first-order valence-electron chi connectivity index (χ1n) is 9.92. The number of pyridine rings is 1. The predicted molar refractivity (Wildman–Crippen MR) is 115 cm³/mol. The Morgan fingerprint density at radius 1 is 1.06 bits per heavy atom. The number of aromatic nitrogens is 1. The Kier molecular flexibility index (Phi) is 5.63. The fraction of sp³-hybridized carbons (Fsp3) is 0.273. The summed E-state index contributed by atoms with van der Waals surface area (Å²) in [5, 5.41) is 0.703. The van der Waals surface area contributed by atoms with Crippen molar-refractivity contribution in [2.45, 2.75) is 23.8 Å². The van der Waals surface area contributed by atoms with E-state index in [-0.39, 0.29) is 22.4 Å². The molecule has 0 spiro atoms. The topological polar surface area (TPSA) is 88.5 Å². The number of hydrogen-bond acceptors (Lipinski definition) is 4. The lowest BCUT2D eigenvalue weighted by atomic mass is 10.0. The number of aryl methyl sites for hydroxylation is 1. The number of para-hydroxylation sites is 1. The van der Waals surface area contributed by atoms with Gasteiger partial charge in [-0.2, -0.15) is 0 Å². The lowest BCUT2D eigenvalue weighted by Crippen LogP contribution is -2.46. The number of likely N-dealkylation sites (tertiary alicyclic amines) is 1. The van der Waals surface area contributed by atoms with Gasteiger partial charge in [0.25, 0.3) is 11.5 Å². The fourth-order valence-corrected chi connectivity index (χ4v) is 5.16. The number of hydrogen-bond donors (Lipinski definition) is 1. The summed E-state index contributed by atoms with van der Waals surface area (Å²) >= 11 is 0. The molecule has 1 aromatic heterocycles. The molecule has 2 aromatic carbocycles. The maximum absolute atomic E-state index is 13.1. The average molecular weight is 444 g/mol. The SMILES string of the molecule is Cn1c(=O)cc(C(=O)N2CCC(NS(=O)(=O)c3ccc(F)cc3)CC2)c2ccccc21. The maximum atomic E-state index is 13.1. The third kappa shape index (κ3) is 4.24. The molecule has 4 rings (SSSR count). The van der Waals surface area contributed by atoms with Gasteiger partial charge in [0.05, 0.1) is 16.0 Å². The fourth-order valence-electron chi connectivity index (χ4n) is 3.86. The van der Waals surface area contributed by atoms with Crippen molar-refractivity contribution >= 4 is 26.8 Å². The maximum Gasteiger partial charge on any atom is 0.254 e. The summed E-state index contributed by atoms with van der Waals surface area (Å²) in [7, 11) is -2.11. The van der Waals surface area contributed by atoms with Crippen molar-refractivity contribution in [3.63, 3.8) is 0 Å². The van der Waals surface area contributed by atoms with Crippen LogP contribution in [0.15, 0.2) is 64.3 Å². The number of benzene rings is 2. The zero-order valence-corrected chi connectivity index (χ0v) is 17.7. The van der Waals surface area contributed by atoms with Crippen molar-refractivity contribution in [2.75, 3.05) is 13.1 Å². The third-order valence-electron chi connectivity index (χ3n) is 5.61. The highest BCUT2D eigenvalue weighted by atomic mass is 32.2. The zero-order chi connectivity index (χ0) is 22.2. The van der Waals surface area contributed by atoms with E-state index in [4.69, 9.17) is 0 Å². The van der Waals surface area contributed by atoms with Crippen LogP contribution in [-0.2, 0) is 17.1 Å². The smallest absolute Gasteiger partial charge is 0.254 e. The minimum Gasteiger partial charge on any atom is -0.339 e. The van der Waals surface area contributed by atoms with Crippen molar-refractivity contribution in [3.05, 3.63) is 76.3 Å². The molecule has 1 aliphatic heterocycles. The van der Waals surface area contributed by atoms with Crippen molar-refractivity contribution in [3.8, 4) is 0 Å². The molecule has 1 aliphatic rings. The summed E-state index contributed by atoms with van der Waals surface area (Å²) in [4.78, 5) is 27.1. The van der Waals surface area contributed by atoms with E-state index in [1.54, 1.807) is 18.0 Å². The highest BCUT2D eigenvalue weighted by Gasteiger charge is 2.28. The highest BCUT2D eigenvalue weighted by molar-refractivity contribution is 7.89. The molecule has 9 heteroatoms. The number of carbonyl (C=O) groups is 1. The average Bonchev–Trinajstić information content (AvgIpc) is 2.76. The number of halogens is 1. The van der Waals surface area contributed by atoms with Gasteiger partial charge in [0.15, 0.2) is 0 Å². The minimum atomic E-state index is -3.77. The number of sulfonamides is 1. The number of fused-ring (bicyclic) bond motifs is 1. The van der Waals surface area contributed by atoms with Crippen molar-refractivity contribution in [2.24, 2.45) is 7.05 Å². The van der Waals surface area contributed by atoms with Gasteiger partial charge in [-0.1, -0.05) is 18.2 Å². The number of amides is 1. The minimum absolute atomic E-state index is 0.000920. The number of piperidine rings is 1. The van der Waals surface area contributed by atoms with Crippen LogP contribution in [0.1, 0.15) is 23.2 Å². The lowest BCUT2D eigenvalue weighted by Gasteiger charge is -2.32. The molecular formula is C22H22FN3O4S. The van der Waals surface area contributed by atoms with Crippen LogP contribution in [0.4, 0.5) is 4.39 Å². The van der Waals surface area contributed by atoms with E-state index in [0.717, 1.165) is 12.1 Å². The number of carbonyl (C=O) groups excluding carboxylic acids is 1. The molecule has 1 fully saturated rings. The molecule has 0 aliphatic carbocycles. The number of nitrogens with one attached hydrogen (secondary N) is 1. The molecule has 0 unspecified atom stereocenters. The molecule has 0 radical (unpaired) electrons. The third-order valence-corrected chi connectivity index (χ3v) is 7.15. The Morgan fingerprint density at radius 3 is 2.39 bits per heavy atom. The van der Waals surface area contributed by atoms with Crippen LogP contribution in [0.25, 0.3) is 10.9 Å². The van der Waals surface area contributed by atoms with E-state index in [1.165, 1.54) is 22.8 Å². The molecule has 0 saturated carbocycles. The molecule has 3 aromatic rings. The van der Waals surface area contributed by atoms with Gasteiger partial charge in [-0.05, 0) is 43.2 Å². The van der Waals surface area contributed by atoms with E-state index in [0.29, 0.717) is 42.4 Å². The molecular weight excluding hydrogens is 421 g/mol. The molecule has 0 bridgehead atoms. The van der Waals surface area contributed by atoms with Gasteiger partial charge >= 0.3 is 0 Å². The number of rotatable bonds is 4. The molecule has 1 amide bonds. The van der Waals surface area contributed by atoms with Crippen LogP contribution in [0, 0.1) is 5.82 Å². The first-order valence-corrected chi connectivity index (χ1v) is 11.4. The summed E-state index contributed by atoms with van der Waals surface area (Å²) in [6.07, 6.45) is 0.879. The van der Waals surface area contributed by atoms with Crippen LogP contribution in [0.3, 0.4) is 0 Å². The van der Waals surface area contributed by atoms with Crippen LogP contribution in [-0.4, -0.2) is 42.9 Å². The standard InChI is InChI=1S/C22H22FN3O4S/c1-25-20-5-3-2-4-18(20)19(14-21(25)27)22(28)26-12-10-16(11-13-26)24-31(29,30)17-8-6-15(23)7-9-17/h2-9,14,16,24H,10-13H2,1H3. The molecule has 1 saturated heterocycles. The highest BCUT2D eigenvalue weighted by Crippen LogP contribution is 2.21. The Morgan fingerprint density at radius 2 is 1.71 bits per heavy atom. The molecule has 162 valence electrons. The molecule has 1 N–H and O–H groups in total. The van der Waals surface area contributed by atoms with E-state index < -0.39 is 15.8 Å². The summed E-state index contributed by atoms with van der Waals surface area (Å²) < 4.78 is 42.2. The summed E-state index contributed by atoms with van der Waals surface area (Å²) in [5.41, 5.74) is 0.772. The van der Waals surface area contributed by atoms with Crippen LogP contribution in [0.5, 0.6) is 0 Å². The second kappa shape index (κ2) is 8.24. The Balaban J connectivity index is 1.48. The lowest BCUT2D eigenvalue weighted by molar-refractivity contribution is 0.0713. The molecule has 31 heavy (non-hydrogen) atoms. The molecule has 7 nitrogen and oxygen atoms in total. The van der Waals surface area contributed by atoms with Crippen LogP contribution < -0.4 is 10.3 Å². The predicted octanol–water partition coefficient (Wildman–Crippen LogP) is 2.26. The van der Waals surface area contributed by atoms with Gasteiger partial charge < -0.3 is 9.47 Å². The normalized spacial score (nSPS) is 15.4. The summed E-state index contributed by atoms with van der Waals surface area (Å²) in [5.74, 6) is -0.747. The van der Waals surface area contributed by atoms with Gasteiger partial charge in [0, 0.05) is 37.6 Å². The first kappa shape index (κ1) is 21.2. The Bertz CT molecular complexity index is 1290. The largest absolute Gasteiger partial charge is 0.339 e. The van der Waals surface area contributed by atoms with Gasteiger partial charge in [-0.3, -0.25) is 9.59 Å². The van der Waals surface area contributed by atoms with Crippen LogP contribution >= 0.6 is 0 Å². The summed E-state index contributed by atoms with van der Waals surface area (Å²) in [6.45, 7) is 0.720. The van der Waals surface area contributed by atoms with Gasteiger partial charge in [-0.15, -0.1) is 0 Å². The zero-order valence-electron chi connectivity index (χ0n) is 16.9. The molecule has 2 heterocycles.